The van der Waals surface area contributed by atoms with Gasteiger partial charge in [-0.25, -0.2) is 8.78 Å². The molecule has 1 atom stereocenters. The lowest BCUT2D eigenvalue weighted by molar-refractivity contribution is 0.116. The van der Waals surface area contributed by atoms with Crippen LogP contribution in [0.2, 0.25) is 0 Å². The van der Waals surface area contributed by atoms with Crippen LogP contribution in [0.5, 0.6) is 0 Å². The lowest BCUT2D eigenvalue weighted by Gasteiger charge is -2.11. The van der Waals surface area contributed by atoms with Crippen molar-refractivity contribution in [3.8, 4) is 0 Å². The van der Waals surface area contributed by atoms with Crippen LogP contribution in [0.4, 0.5) is 8.78 Å². The highest BCUT2D eigenvalue weighted by Crippen LogP contribution is 2.23. The van der Waals surface area contributed by atoms with Gasteiger partial charge in [-0.2, -0.15) is 0 Å². The van der Waals surface area contributed by atoms with Crippen molar-refractivity contribution in [1.82, 2.24) is 0 Å². The number of hydrogen-bond acceptors (Lipinski definition) is 1. The molecule has 1 aromatic rings. The molecule has 0 saturated carbocycles. The zero-order valence-corrected chi connectivity index (χ0v) is 8.68. The Bertz CT molecular complexity index is 302. The lowest BCUT2D eigenvalue weighted by atomic mass is 10.1. The van der Waals surface area contributed by atoms with E-state index < -0.39 is 12.5 Å². The van der Waals surface area contributed by atoms with Crippen LogP contribution in [0.1, 0.15) is 17.2 Å². The Kier molecular flexibility index (Phi) is 3.39. The summed E-state index contributed by atoms with van der Waals surface area (Å²) in [6.45, 7) is 1.89. The molecule has 0 aliphatic rings. The van der Waals surface area contributed by atoms with Gasteiger partial charge in [0.05, 0.1) is 6.04 Å². The van der Waals surface area contributed by atoms with E-state index in [1.807, 2.05) is 6.92 Å². The minimum Gasteiger partial charge on any atom is -0.319 e. The molecule has 0 saturated heterocycles. The molecular formula is C9H10BrF2N. The van der Waals surface area contributed by atoms with Crippen molar-refractivity contribution < 1.29 is 8.78 Å². The van der Waals surface area contributed by atoms with Gasteiger partial charge in [0.15, 0.2) is 0 Å². The fourth-order valence-electron chi connectivity index (χ4n) is 0.962. The van der Waals surface area contributed by atoms with Crippen LogP contribution in [-0.2, 0) is 0 Å². The minimum atomic E-state index is -2.52. The maximum absolute atomic E-state index is 12.2. The third-order valence-corrected chi connectivity index (χ3v) is 2.71. The van der Waals surface area contributed by atoms with E-state index in [-0.39, 0.29) is 0 Å². The molecule has 0 amide bonds. The van der Waals surface area contributed by atoms with Gasteiger partial charge in [0.1, 0.15) is 0 Å². The molecule has 0 radical (unpaired) electrons. The number of alkyl halides is 2. The third kappa shape index (κ3) is 2.48. The van der Waals surface area contributed by atoms with Crippen molar-refractivity contribution in [1.29, 1.82) is 0 Å². The van der Waals surface area contributed by atoms with Gasteiger partial charge in [-0.1, -0.05) is 28.1 Å². The summed E-state index contributed by atoms with van der Waals surface area (Å²) in [7, 11) is 0. The lowest BCUT2D eigenvalue weighted by Crippen LogP contribution is -2.18. The van der Waals surface area contributed by atoms with Crippen molar-refractivity contribution in [2.24, 2.45) is 5.73 Å². The highest BCUT2D eigenvalue weighted by molar-refractivity contribution is 9.10. The molecule has 1 unspecified atom stereocenters. The van der Waals surface area contributed by atoms with Crippen LogP contribution in [0.15, 0.2) is 22.7 Å². The molecule has 0 aromatic heterocycles. The van der Waals surface area contributed by atoms with E-state index in [4.69, 9.17) is 5.73 Å². The van der Waals surface area contributed by atoms with Crippen LogP contribution in [0.3, 0.4) is 0 Å². The molecule has 0 bridgehead atoms. The Balaban J connectivity index is 2.97. The summed E-state index contributed by atoms with van der Waals surface area (Å²) < 4.78 is 25.2. The Morgan fingerprint density at radius 1 is 1.38 bits per heavy atom. The first-order valence-corrected chi connectivity index (χ1v) is 4.61. The van der Waals surface area contributed by atoms with E-state index in [1.165, 1.54) is 0 Å². The maximum Gasteiger partial charge on any atom is 0.257 e. The second-order valence-electron chi connectivity index (χ2n) is 2.87. The monoisotopic (exact) mass is 249 g/mol. The van der Waals surface area contributed by atoms with Gasteiger partial charge in [-0.3, -0.25) is 0 Å². The van der Waals surface area contributed by atoms with Gasteiger partial charge in [-0.05, 0) is 24.1 Å². The van der Waals surface area contributed by atoms with E-state index in [0.29, 0.717) is 5.56 Å². The zero-order valence-electron chi connectivity index (χ0n) is 7.10. The Labute approximate surface area is 84.1 Å². The topological polar surface area (TPSA) is 26.0 Å². The highest BCUT2D eigenvalue weighted by Gasteiger charge is 2.17. The predicted octanol–water partition coefficient (Wildman–Crippen LogP) is 3.02. The molecular weight excluding hydrogens is 240 g/mol. The van der Waals surface area contributed by atoms with Crippen LogP contribution in [0.25, 0.3) is 0 Å². The van der Waals surface area contributed by atoms with E-state index in [9.17, 15) is 8.78 Å². The molecule has 0 fully saturated rings. The normalized spacial score (nSPS) is 13.4. The predicted molar refractivity (Wildman–Crippen MR) is 51.8 cm³/mol. The zero-order chi connectivity index (χ0) is 10.0. The molecule has 2 N–H and O–H groups in total. The summed E-state index contributed by atoms with van der Waals surface area (Å²) >= 11 is 3.26. The van der Waals surface area contributed by atoms with Crippen molar-refractivity contribution in [2.75, 3.05) is 0 Å². The number of hydrogen-bond donors (Lipinski definition) is 1. The quantitative estimate of drug-likeness (QED) is 0.857. The Morgan fingerprint density at radius 2 is 2.00 bits per heavy atom. The summed E-state index contributed by atoms with van der Waals surface area (Å²) in [6, 6.07) is 3.82. The number of halogens is 3. The summed E-state index contributed by atoms with van der Waals surface area (Å²) in [5.41, 5.74) is 6.74. The molecule has 13 heavy (non-hydrogen) atoms. The summed E-state index contributed by atoms with van der Waals surface area (Å²) in [5, 5.41) is 0. The molecule has 1 nitrogen and oxygen atoms in total. The van der Waals surface area contributed by atoms with Crippen molar-refractivity contribution in [3.05, 3.63) is 33.8 Å². The smallest absolute Gasteiger partial charge is 0.257 e. The van der Waals surface area contributed by atoms with Gasteiger partial charge < -0.3 is 5.73 Å². The van der Waals surface area contributed by atoms with Crippen molar-refractivity contribution in [2.45, 2.75) is 19.4 Å². The van der Waals surface area contributed by atoms with E-state index in [0.717, 1.165) is 10.0 Å². The molecule has 72 valence electrons. The first-order chi connectivity index (χ1) is 6.02. The number of aryl methyl sites for hydroxylation is 1. The molecule has 1 aromatic carbocycles. The SMILES string of the molecule is Cc1ccc(C(N)C(F)F)cc1Br. The molecule has 4 heteroatoms. The maximum atomic E-state index is 12.2. The van der Waals surface area contributed by atoms with Gasteiger partial charge >= 0.3 is 0 Å². The summed E-state index contributed by atoms with van der Waals surface area (Å²) in [4.78, 5) is 0. The van der Waals surface area contributed by atoms with Crippen molar-refractivity contribution in [3.63, 3.8) is 0 Å². The van der Waals surface area contributed by atoms with E-state index >= 15 is 0 Å². The van der Waals surface area contributed by atoms with Crippen LogP contribution < -0.4 is 5.73 Å². The Hall–Kier alpha value is -0.480. The Morgan fingerprint density at radius 3 is 2.46 bits per heavy atom. The average Bonchev–Trinajstić information content (AvgIpc) is 2.08. The molecule has 0 aliphatic carbocycles. The summed E-state index contributed by atoms with van der Waals surface area (Å²) in [6.07, 6.45) is -2.52. The number of benzene rings is 1. The average molecular weight is 250 g/mol. The van der Waals surface area contributed by atoms with Crippen LogP contribution in [0, 0.1) is 6.92 Å². The molecule has 0 aliphatic heterocycles. The van der Waals surface area contributed by atoms with Gasteiger partial charge in [0, 0.05) is 4.47 Å². The molecule has 0 heterocycles. The molecule has 0 spiro atoms. The van der Waals surface area contributed by atoms with Gasteiger partial charge in [0.25, 0.3) is 6.43 Å². The minimum absolute atomic E-state index is 0.451. The van der Waals surface area contributed by atoms with Crippen molar-refractivity contribution >= 4 is 15.9 Å². The van der Waals surface area contributed by atoms with E-state index in [2.05, 4.69) is 15.9 Å². The standard InChI is InChI=1S/C9H10BrF2N/c1-5-2-3-6(4-7(5)10)8(13)9(11)12/h2-4,8-9H,13H2,1H3. The number of rotatable bonds is 2. The van der Waals surface area contributed by atoms with Crippen LogP contribution >= 0.6 is 15.9 Å². The van der Waals surface area contributed by atoms with E-state index in [1.54, 1.807) is 18.2 Å². The van der Waals surface area contributed by atoms with Gasteiger partial charge in [-0.15, -0.1) is 0 Å². The fourth-order valence-corrected chi connectivity index (χ4v) is 1.36. The molecule has 1 rings (SSSR count). The second-order valence-corrected chi connectivity index (χ2v) is 3.72. The van der Waals surface area contributed by atoms with Crippen LogP contribution in [-0.4, -0.2) is 6.43 Å². The van der Waals surface area contributed by atoms with Gasteiger partial charge in [0.2, 0.25) is 0 Å². The first-order valence-electron chi connectivity index (χ1n) is 3.82. The fraction of sp³-hybridized carbons (Fsp3) is 0.333. The first kappa shape index (κ1) is 10.6. The second kappa shape index (κ2) is 4.15. The highest BCUT2D eigenvalue weighted by atomic mass is 79.9. The largest absolute Gasteiger partial charge is 0.319 e. The summed E-state index contributed by atoms with van der Waals surface area (Å²) in [5.74, 6) is 0. The third-order valence-electron chi connectivity index (χ3n) is 1.85. The number of nitrogens with two attached hydrogens (primary N) is 1.